The third kappa shape index (κ3) is 3.55. The van der Waals surface area contributed by atoms with Gasteiger partial charge in [-0.05, 0) is 61.2 Å². The molecule has 0 aliphatic heterocycles. The van der Waals surface area contributed by atoms with Crippen molar-refractivity contribution in [1.82, 2.24) is 14.5 Å². The van der Waals surface area contributed by atoms with E-state index in [2.05, 4.69) is 41.0 Å². The minimum Gasteiger partial charge on any atom is -0.398 e. The topological polar surface area (TPSA) is 82.8 Å². The van der Waals surface area contributed by atoms with Gasteiger partial charge in [-0.2, -0.15) is 0 Å². The Hall–Kier alpha value is -3.96. The maximum Gasteiger partial charge on any atom is 0.165 e. The first-order valence-electron chi connectivity index (χ1n) is 11.3. The van der Waals surface area contributed by atoms with Gasteiger partial charge in [0.15, 0.2) is 5.65 Å². The minimum absolute atomic E-state index is 0. The smallest absolute Gasteiger partial charge is 0.165 e. The third-order valence-electron chi connectivity index (χ3n) is 6.72. The number of nitrogens with two attached hydrogens (primary N) is 2. The molecule has 1 aliphatic rings. The summed E-state index contributed by atoms with van der Waals surface area (Å²) in [6.45, 7) is 0. The third-order valence-corrected chi connectivity index (χ3v) is 6.72. The van der Waals surface area contributed by atoms with Crippen molar-refractivity contribution < 1.29 is 0 Å². The van der Waals surface area contributed by atoms with E-state index in [1.54, 1.807) is 0 Å². The number of rotatable bonds is 4. The van der Waals surface area contributed by atoms with Crippen LogP contribution in [0.2, 0.25) is 0 Å². The van der Waals surface area contributed by atoms with Crippen LogP contribution in [0.1, 0.15) is 32.3 Å². The summed E-state index contributed by atoms with van der Waals surface area (Å²) in [5.74, 6) is 0.777. The van der Waals surface area contributed by atoms with E-state index in [0.717, 1.165) is 52.3 Å². The average molecular weight is 448 g/mol. The maximum atomic E-state index is 6.56. The molecule has 1 saturated carbocycles. The van der Waals surface area contributed by atoms with E-state index in [9.17, 15) is 0 Å². The van der Waals surface area contributed by atoms with Gasteiger partial charge in [-0.1, -0.05) is 62.0 Å². The fourth-order valence-electron chi connectivity index (χ4n) is 4.64. The molecular weight excluding hydrogens is 418 g/mol. The number of imidazole rings is 1. The van der Waals surface area contributed by atoms with Gasteiger partial charge in [-0.15, -0.1) is 0 Å². The molecule has 5 heteroatoms. The SMILES string of the molecule is C.Nc1ccccc1-c1nc2ccc(-c3ccccc3)nc2n1-c1ccc(C2(N)CCC2)cc1. The van der Waals surface area contributed by atoms with Crippen LogP contribution in [0, 0.1) is 0 Å². The Morgan fingerprint density at radius 2 is 1.47 bits per heavy atom. The molecule has 0 amide bonds. The largest absolute Gasteiger partial charge is 0.398 e. The highest BCUT2D eigenvalue weighted by Gasteiger charge is 2.34. The van der Waals surface area contributed by atoms with Crippen molar-refractivity contribution in [2.24, 2.45) is 5.73 Å². The van der Waals surface area contributed by atoms with E-state index < -0.39 is 0 Å². The van der Waals surface area contributed by atoms with Gasteiger partial charge in [0.2, 0.25) is 0 Å². The van der Waals surface area contributed by atoms with Crippen LogP contribution >= 0.6 is 0 Å². The summed E-state index contributed by atoms with van der Waals surface area (Å²) in [6.07, 6.45) is 3.26. The van der Waals surface area contributed by atoms with Crippen molar-refractivity contribution in [3.8, 4) is 28.3 Å². The Morgan fingerprint density at radius 3 is 2.15 bits per heavy atom. The number of nitrogen functional groups attached to an aromatic ring is 1. The predicted molar refractivity (Wildman–Crippen MR) is 141 cm³/mol. The molecule has 4 N–H and O–H groups in total. The van der Waals surface area contributed by atoms with Crippen LogP contribution in [-0.4, -0.2) is 14.5 Å². The zero-order chi connectivity index (χ0) is 22.4. The van der Waals surface area contributed by atoms with Crippen LogP contribution in [0.5, 0.6) is 0 Å². The number of anilines is 1. The summed E-state index contributed by atoms with van der Waals surface area (Å²) in [5.41, 5.74) is 20.1. The van der Waals surface area contributed by atoms with Crippen molar-refractivity contribution in [3.63, 3.8) is 0 Å². The Kier molecular flexibility index (Phi) is 5.42. The number of hydrogen-bond donors (Lipinski definition) is 2. The maximum absolute atomic E-state index is 6.56. The first-order valence-corrected chi connectivity index (χ1v) is 11.3. The zero-order valence-corrected chi connectivity index (χ0v) is 18.3. The fourth-order valence-corrected chi connectivity index (χ4v) is 4.64. The Morgan fingerprint density at radius 1 is 0.765 bits per heavy atom. The molecule has 2 aromatic heterocycles. The van der Waals surface area contributed by atoms with Crippen LogP contribution in [-0.2, 0) is 5.54 Å². The number of aromatic nitrogens is 3. The molecule has 5 nitrogen and oxygen atoms in total. The monoisotopic (exact) mass is 447 g/mol. The number of benzene rings is 3. The van der Waals surface area contributed by atoms with E-state index in [-0.39, 0.29) is 13.0 Å². The van der Waals surface area contributed by atoms with Gasteiger partial charge in [0.25, 0.3) is 0 Å². The molecule has 2 heterocycles. The summed E-state index contributed by atoms with van der Waals surface area (Å²) in [6, 6.07) is 30.6. The molecule has 1 aliphatic carbocycles. The van der Waals surface area contributed by atoms with Crippen LogP contribution in [0.3, 0.4) is 0 Å². The van der Waals surface area contributed by atoms with Crippen LogP contribution < -0.4 is 11.5 Å². The molecule has 170 valence electrons. The van der Waals surface area contributed by atoms with Gasteiger partial charge >= 0.3 is 0 Å². The lowest BCUT2D eigenvalue weighted by Gasteiger charge is -2.38. The number of pyridine rings is 1. The molecule has 0 bridgehead atoms. The summed E-state index contributed by atoms with van der Waals surface area (Å²) in [4.78, 5) is 9.98. The Labute approximate surface area is 200 Å². The first kappa shape index (κ1) is 21.9. The molecule has 0 saturated heterocycles. The molecule has 5 aromatic rings. The lowest BCUT2D eigenvalue weighted by Crippen LogP contribution is -2.43. The number of para-hydroxylation sites is 1. The van der Waals surface area contributed by atoms with Crippen LogP contribution in [0.4, 0.5) is 5.69 Å². The molecule has 0 radical (unpaired) electrons. The van der Waals surface area contributed by atoms with Crippen LogP contribution in [0.25, 0.3) is 39.5 Å². The Bertz CT molecular complexity index is 1450. The van der Waals surface area contributed by atoms with E-state index in [1.807, 2.05) is 54.6 Å². The van der Waals surface area contributed by atoms with Crippen molar-refractivity contribution >= 4 is 16.9 Å². The molecule has 0 unspecified atom stereocenters. The highest BCUT2D eigenvalue weighted by molar-refractivity contribution is 5.85. The summed E-state index contributed by atoms with van der Waals surface area (Å²) in [7, 11) is 0. The van der Waals surface area contributed by atoms with Gasteiger partial charge < -0.3 is 11.5 Å². The van der Waals surface area contributed by atoms with E-state index >= 15 is 0 Å². The highest BCUT2D eigenvalue weighted by atomic mass is 15.1. The lowest BCUT2D eigenvalue weighted by molar-refractivity contribution is 0.253. The van der Waals surface area contributed by atoms with Gasteiger partial charge in [0.05, 0.1) is 5.69 Å². The van der Waals surface area contributed by atoms with Crippen LogP contribution in [0.15, 0.2) is 91.0 Å². The van der Waals surface area contributed by atoms with Gasteiger partial charge in [-0.25, -0.2) is 9.97 Å². The van der Waals surface area contributed by atoms with Crippen molar-refractivity contribution in [2.45, 2.75) is 32.2 Å². The second-order valence-corrected chi connectivity index (χ2v) is 8.82. The minimum atomic E-state index is -0.193. The van der Waals surface area contributed by atoms with E-state index in [0.29, 0.717) is 5.69 Å². The molecule has 0 spiro atoms. The quantitative estimate of drug-likeness (QED) is 0.316. The van der Waals surface area contributed by atoms with Crippen molar-refractivity contribution in [3.05, 3.63) is 96.6 Å². The summed E-state index contributed by atoms with van der Waals surface area (Å²) in [5, 5.41) is 0. The van der Waals surface area contributed by atoms with Gasteiger partial charge in [-0.3, -0.25) is 4.57 Å². The number of fused-ring (bicyclic) bond motifs is 1. The highest BCUT2D eigenvalue weighted by Crippen LogP contribution is 2.39. The summed E-state index contributed by atoms with van der Waals surface area (Å²) < 4.78 is 2.10. The molecule has 3 aromatic carbocycles. The zero-order valence-electron chi connectivity index (χ0n) is 18.3. The van der Waals surface area contributed by atoms with Crippen molar-refractivity contribution in [2.75, 3.05) is 5.73 Å². The van der Waals surface area contributed by atoms with E-state index in [1.165, 1.54) is 12.0 Å². The number of hydrogen-bond acceptors (Lipinski definition) is 4. The number of nitrogens with zero attached hydrogens (tertiary/aromatic N) is 3. The molecular formula is C29H29N5. The van der Waals surface area contributed by atoms with Crippen molar-refractivity contribution in [1.29, 1.82) is 0 Å². The van der Waals surface area contributed by atoms with Gasteiger partial charge in [0.1, 0.15) is 11.3 Å². The molecule has 1 fully saturated rings. The standard InChI is InChI=1S/C28H25N5.CH4/c29-23-10-5-4-9-22(23)26-32-25-16-15-24(19-7-2-1-3-8-19)31-27(25)33(26)21-13-11-20(12-14-21)28(30)17-6-18-28;/h1-5,7-16H,6,17-18,29-30H2;1H4. The van der Waals surface area contributed by atoms with E-state index in [4.69, 9.17) is 21.4 Å². The lowest BCUT2D eigenvalue weighted by atomic mass is 9.73. The van der Waals surface area contributed by atoms with Gasteiger partial charge in [0, 0.05) is 28.0 Å². The fraction of sp³-hybridized carbons (Fsp3) is 0.172. The molecule has 0 atom stereocenters. The first-order chi connectivity index (χ1) is 16.1. The Balaban J connectivity index is 0.00000241. The average Bonchev–Trinajstić information content (AvgIpc) is 3.22. The second-order valence-electron chi connectivity index (χ2n) is 8.82. The summed E-state index contributed by atoms with van der Waals surface area (Å²) >= 11 is 0. The predicted octanol–water partition coefficient (Wildman–Crippen LogP) is 6.31. The second kappa shape index (κ2) is 8.43. The molecule has 6 rings (SSSR count). The normalized spacial score (nSPS) is 14.4. The molecule has 34 heavy (non-hydrogen) atoms.